The lowest BCUT2D eigenvalue weighted by molar-refractivity contribution is -0.162. The fourth-order valence-electron chi connectivity index (χ4n) is 7.23. The number of amides is 2. The number of hydrogen-bond acceptors (Lipinski definition) is 8. The highest BCUT2D eigenvalue weighted by molar-refractivity contribution is 5.98. The molecule has 0 saturated carbocycles. The fourth-order valence-corrected chi connectivity index (χ4v) is 7.23. The Labute approximate surface area is 238 Å². The first-order valence-corrected chi connectivity index (χ1v) is 14.8. The van der Waals surface area contributed by atoms with Crippen molar-refractivity contribution in [1.82, 2.24) is 14.7 Å². The zero-order valence-corrected chi connectivity index (χ0v) is 24.2. The van der Waals surface area contributed by atoms with Crippen LogP contribution in [0.4, 0.5) is 0 Å². The Kier molecular flexibility index (Phi) is 10.1. The summed E-state index contributed by atoms with van der Waals surface area (Å²) >= 11 is 0. The van der Waals surface area contributed by atoms with Gasteiger partial charge in [-0.15, -0.1) is 13.2 Å². The molecule has 4 rings (SSSR count). The van der Waals surface area contributed by atoms with Gasteiger partial charge in [-0.3, -0.25) is 19.3 Å². The van der Waals surface area contributed by atoms with Crippen LogP contribution in [0.1, 0.15) is 46.0 Å². The van der Waals surface area contributed by atoms with Crippen molar-refractivity contribution >= 4 is 17.8 Å². The lowest BCUT2D eigenvalue weighted by atomic mass is 9.62. The summed E-state index contributed by atoms with van der Waals surface area (Å²) in [5, 5.41) is 9.27. The van der Waals surface area contributed by atoms with E-state index in [1.807, 2.05) is 13.8 Å². The van der Waals surface area contributed by atoms with Crippen LogP contribution in [0.2, 0.25) is 0 Å². The molecule has 4 saturated heterocycles. The number of carbonyl (C=O) groups excluding carboxylic acids is 3. The monoisotopic (exact) mass is 561 g/mol. The first-order chi connectivity index (χ1) is 19.2. The molecule has 10 heteroatoms. The molecule has 4 aliphatic heterocycles. The molecule has 0 aliphatic carbocycles. The van der Waals surface area contributed by atoms with E-state index >= 15 is 0 Å². The highest BCUT2D eigenvalue weighted by atomic mass is 16.6. The molecule has 2 bridgehead atoms. The van der Waals surface area contributed by atoms with Crippen LogP contribution in [0.15, 0.2) is 25.3 Å². The number of likely N-dealkylation sites (tertiary alicyclic amines) is 1. The minimum Gasteiger partial charge on any atom is -0.465 e. The van der Waals surface area contributed by atoms with E-state index in [1.165, 1.54) is 0 Å². The second-order valence-corrected chi connectivity index (χ2v) is 11.8. The molecule has 6 atom stereocenters. The number of ether oxygens (including phenoxy) is 3. The molecule has 1 N–H and O–H groups in total. The van der Waals surface area contributed by atoms with Gasteiger partial charge in [0, 0.05) is 45.9 Å². The van der Waals surface area contributed by atoms with E-state index in [9.17, 15) is 19.5 Å². The predicted octanol–water partition coefficient (Wildman–Crippen LogP) is 1.63. The summed E-state index contributed by atoms with van der Waals surface area (Å²) in [7, 11) is 0. The Bertz CT molecular complexity index is 954. The Morgan fingerprint density at radius 1 is 1.18 bits per heavy atom. The van der Waals surface area contributed by atoms with E-state index in [4.69, 9.17) is 14.2 Å². The van der Waals surface area contributed by atoms with Gasteiger partial charge in [0.25, 0.3) is 0 Å². The Morgan fingerprint density at radius 3 is 2.60 bits per heavy atom. The first-order valence-electron chi connectivity index (χ1n) is 14.8. The van der Waals surface area contributed by atoms with Crippen LogP contribution in [0.25, 0.3) is 0 Å². The van der Waals surface area contributed by atoms with Crippen molar-refractivity contribution in [3.63, 3.8) is 0 Å². The number of unbranched alkanes of at least 4 members (excludes halogenated alkanes) is 2. The molecule has 0 radical (unpaired) electrons. The molecule has 4 heterocycles. The molecule has 3 unspecified atom stereocenters. The molecule has 0 aromatic rings. The van der Waals surface area contributed by atoms with Crippen molar-refractivity contribution in [3.8, 4) is 0 Å². The number of fused-ring (bicyclic) bond motifs is 1. The van der Waals surface area contributed by atoms with Gasteiger partial charge in [0.15, 0.2) is 0 Å². The van der Waals surface area contributed by atoms with Crippen LogP contribution in [0.3, 0.4) is 0 Å². The van der Waals surface area contributed by atoms with Crippen LogP contribution in [-0.4, -0.2) is 121 Å². The van der Waals surface area contributed by atoms with Gasteiger partial charge in [0.2, 0.25) is 11.8 Å². The van der Waals surface area contributed by atoms with Crippen molar-refractivity contribution in [2.24, 2.45) is 17.8 Å². The molecular weight excluding hydrogens is 514 g/mol. The maximum absolute atomic E-state index is 14.5. The summed E-state index contributed by atoms with van der Waals surface area (Å²) in [6, 6.07) is -0.834. The molecule has 0 aromatic carbocycles. The third kappa shape index (κ3) is 5.60. The summed E-state index contributed by atoms with van der Waals surface area (Å²) in [4.78, 5) is 47.9. The van der Waals surface area contributed by atoms with Gasteiger partial charge < -0.3 is 29.1 Å². The van der Waals surface area contributed by atoms with Gasteiger partial charge in [0.05, 0.1) is 31.3 Å². The lowest BCUT2D eigenvalue weighted by Crippen LogP contribution is -2.57. The number of morpholine rings is 1. The number of aliphatic hydroxyl groups excluding tert-OH is 1. The summed E-state index contributed by atoms with van der Waals surface area (Å²) in [5.41, 5.74) is -2.00. The maximum atomic E-state index is 14.5. The van der Waals surface area contributed by atoms with E-state index in [-0.39, 0.29) is 30.9 Å². The van der Waals surface area contributed by atoms with Crippen LogP contribution in [0, 0.1) is 17.8 Å². The molecule has 4 aliphatic rings. The van der Waals surface area contributed by atoms with Gasteiger partial charge in [0.1, 0.15) is 17.6 Å². The van der Waals surface area contributed by atoms with Crippen molar-refractivity contribution in [2.75, 3.05) is 65.7 Å². The Morgan fingerprint density at radius 2 is 1.93 bits per heavy atom. The van der Waals surface area contributed by atoms with Crippen molar-refractivity contribution in [3.05, 3.63) is 25.3 Å². The summed E-state index contributed by atoms with van der Waals surface area (Å²) in [6.07, 6.45) is 6.44. The summed E-state index contributed by atoms with van der Waals surface area (Å²) in [5.74, 6) is -2.42. The highest BCUT2D eigenvalue weighted by Gasteiger charge is 2.80. The van der Waals surface area contributed by atoms with Crippen LogP contribution in [-0.2, 0) is 28.6 Å². The van der Waals surface area contributed by atoms with Gasteiger partial charge in [-0.2, -0.15) is 0 Å². The quantitative estimate of drug-likeness (QED) is 0.183. The van der Waals surface area contributed by atoms with E-state index in [0.717, 1.165) is 19.5 Å². The minimum absolute atomic E-state index is 0.0423. The minimum atomic E-state index is -1.10. The number of carbonyl (C=O) groups is 3. The van der Waals surface area contributed by atoms with Crippen molar-refractivity contribution in [1.29, 1.82) is 0 Å². The molecule has 1 spiro atoms. The third-order valence-electron chi connectivity index (χ3n) is 9.38. The Balaban J connectivity index is 1.65. The molecule has 4 fully saturated rings. The zero-order chi connectivity index (χ0) is 28.9. The highest BCUT2D eigenvalue weighted by Crippen LogP contribution is 2.65. The van der Waals surface area contributed by atoms with Crippen molar-refractivity contribution < 1.29 is 33.7 Å². The van der Waals surface area contributed by atoms with E-state index in [1.54, 1.807) is 22.0 Å². The maximum Gasteiger partial charge on any atom is 0.312 e. The molecule has 224 valence electrons. The standard InChI is InChI=1S/C30H47N3O7/c1-5-7-18-39-28(37)24-23-26(35)33(12-9-8-10-17-34)25(30(23)21-22(3)29(24,4)40-30)27(36)32(11-6-2)14-13-31-15-19-38-20-16-31/h5-6,22-25,34H,1-2,7-21H2,3-4H3/t22?,23-,24+,25?,29-,30?/m0/s1. The van der Waals surface area contributed by atoms with Gasteiger partial charge in [-0.05, 0) is 44.9 Å². The number of aliphatic hydroxyl groups is 1. The lowest BCUT2D eigenvalue weighted by Gasteiger charge is -2.38. The third-order valence-corrected chi connectivity index (χ3v) is 9.38. The number of nitrogens with zero attached hydrogens (tertiary/aromatic N) is 3. The van der Waals surface area contributed by atoms with Gasteiger partial charge >= 0.3 is 5.97 Å². The first kappa shape index (κ1) is 30.7. The molecular formula is C30H47N3O7. The summed E-state index contributed by atoms with van der Waals surface area (Å²) in [6.45, 7) is 16.7. The largest absolute Gasteiger partial charge is 0.465 e. The smallest absolute Gasteiger partial charge is 0.312 e. The van der Waals surface area contributed by atoms with E-state index < -0.39 is 35.0 Å². The normalized spacial score (nSPS) is 33.2. The molecule has 40 heavy (non-hydrogen) atoms. The average Bonchev–Trinajstić information content (AvgIpc) is 3.45. The number of rotatable bonds is 15. The van der Waals surface area contributed by atoms with Gasteiger partial charge in [-0.25, -0.2) is 0 Å². The zero-order valence-electron chi connectivity index (χ0n) is 24.2. The van der Waals surface area contributed by atoms with Crippen LogP contribution < -0.4 is 0 Å². The number of esters is 1. The van der Waals surface area contributed by atoms with Crippen LogP contribution in [0.5, 0.6) is 0 Å². The predicted molar refractivity (Wildman–Crippen MR) is 149 cm³/mol. The van der Waals surface area contributed by atoms with Crippen LogP contribution >= 0.6 is 0 Å². The second-order valence-electron chi connectivity index (χ2n) is 11.8. The summed E-state index contributed by atoms with van der Waals surface area (Å²) < 4.78 is 17.9. The average molecular weight is 562 g/mol. The Hall–Kier alpha value is -2.27. The van der Waals surface area contributed by atoms with Gasteiger partial charge in [-0.1, -0.05) is 19.1 Å². The second kappa shape index (κ2) is 13.1. The molecule has 0 aromatic heterocycles. The SMILES string of the molecule is C=CCCOC(=O)[C@H]1[C@H]2C(=O)N(CCCCCO)C(C(=O)N(CC=C)CCN3CCOCC3)C23CC(C)[C@]1(C)O3. The molecule has 2 amide bonds. The van der Waals surface area contributed by atoms with E-state index in [0.29, 0.717) is 65.1 Å². The molecule has 10 nitrogen and oxygen atoms in total. The number of hydrogen-bond donors (Lipinski definition) is 1. The fraction of sp³-hybridized carbons (Fsp3) is 0.767. The van der Waals surface area contributed by atoms with E-state index in [2.05, 4.69) is 18.1 Å². The topological polar surface area (TPSA) is 109 Å². The van der Waals surface area contributed by atoms with Crippen molar-refractivity contribution in [2.45, 2.75) is 63.2 Å².